The summed E-state index contributed by atoms with van der Waals surface area (Å²) in [5.74, 6) is -0.559. The molecule has 0 atom stereocenters. The summed E-state index contributed by atoms with van der Waals surface area (Å²) in [7, 11) is 0. The van der Waals surface area contributed by atoms with Crippen molar-refractivity contribution in [3.63, 3.8) is 0 Å². The Morgan fingerprint density at radius 2 is 1.48 bits per heavy atom. The first kappa shape index (κ1) is 25.6. The first-order chi connectivity index (χ1) is 15.8. The van der Waals surface area contributed by atoms with E-state index >= 15 is 0 Å². The lowest BCUT2D eigenvalue weighted by Gasteiger charge is -2.18. The molecule has 0 amide bonds. The second-order valence-electron chi connectivity index (χ2n) is 7.41. The monoisotopic (exact) mass is 456 g/mol. The Kier molecular flexibility index (Phi) is 9.60. The number of carbonyl (C=O) groups excluding carboxylic acids is 4. The average Bonchev–Trinajstić information content (AvgIpc) is 2.77. The van der Waals surface area contributed by atoms with Crippen molar-refractivity contribution < 1.29 is 38.1 Å². The van der Waals surface area contributed by atoms with Crippen LogP contribution >= 0.6 is 0 Å². The summed E-state index contributed by atoms with van der Waals surface area (Å²) in [6, 6.07) is 7.66. The lowest BCUT2D eigenvalue weighted by molar-refractivity contribution is -0.142. The average molecular weight is 456 g/mol. The van der Waals surface area contributed by atoms with Gasteiger partial charge in [0.1, 0.15) is 19.0 Å². The SMILES string of the molecule is CCc1cc(-c2cc(C)c(OC(C)=O)c(COC(C)=O)c2)cc(CCOC=O)c1COC=O. The number of carbonyl (C=O) groups is 4. The van der Waals surface area contributed by atoms with Crippen LogP contribution in [0.5, 0.6) is 5.75 Å². The molecule has 2 rings (SSSR count). The van der Waals surface area contributed by atoms with E-state index in [0.29, 0.717) is 42.7 Å². The van der Waals surface area contributed by atoms with Gasteiger partial charge in [0, 0.05) is 25.8 Å². The van der Waals surface area contributed by atoms with Crippen molar-refractivity contribution in [2.75, 3.05) is 6.61 Å². The number of hydrogen-bond donors (Lipinski definition) is 0. The second kappa shape index (κ2) is 12.4. The van der Waals surface area contributed by atoms with E-state index in [0.717, 1.165) is 27.8 Å². The zero-order valence-corrected chi connectivity index (χ0v) is 19.3. The third kappa shape index (κ3) is 7.17. The molecule has 0 spiro atoms. The number of aryl methyl sites for hydroxylation is 2. The minimum atomic E-state index is -0.472. The predicted molar refractivity (Wildman–Crippen MR) is 119 cm³/mol. The highest BCUT2D eigenvalue weighted by Gasteiger charge is 2.17. The smallest absolute Gasteiger partial charge is 0.308 e. The van der Waals surface area contributed by atoms with Gasteiger partial charge in [0.05, 0.1) is 6.61 Å². The maximum absolute atomic E-state index is 11.6. The van der Waals surface area contributed by atoms with Crippen molar-refractivity contribution in [3.05, 3.63) is 52.1 Å². The van der Waals surface area contributed by atoms with Gasteiger partial charge in [-0.25, -0.2) is 0 Å². The number of hydrogen-bond acceptors (Lipinski definition) is 8. The zero-order valence-electron chi connectivity index (χ0n) is 19.3. The third-order valence-electron chi connectivity index (χ3n) is 5.03. The van der Waals surface area contributed by atoms with Crippen LogP contribution < -0.4 is 4.74 Å². The van der Waals surface area contributed by atoms with Crippen molar-refractivity contribution in [1.29, 1.82) is 0 Å². The molecule has 0 heterocycles. The van der Waals surface area contributed by atoms with Gasteiger partial charge in [-0.3, -0.25) is 19.2 Å². The van der Waals surface area contributed by atoms with E-state index in [2.05, 4.69) is 0 Å². The molecular formula is C25H28O8. The molecule has 0 saturated heterocycles. The summed E-state index contributed by atoms with van der Waals surface area (Å²) in [4.78, 5) is 44.3. The zero-order chi connectivity index (χ0) is 24.4. The largest absolute Gasteiger partial charge is 0.468 e. The van der Waals surface area contributed by atoms with Crippen molar-refractivity contribution in [3.8, 4) is 16.9 Å². The quantitative estimate of drug-likeness (QED) is 0.157. The van der Waals surface area contributed by atoms with E-state index in [9.17, 15) is 19.2 Å². The maximum Gasteiger partial charge on any atom is 0.308 e. The molecule has 0 unspecified atom stereocenters. The van der Waals surface area contributed by atoms with Crippen LogP contribution in [0.3, 0.4) is 0 Å². The van der Waals surface area contributed by atoms with Gasteiger partial charge in [-0.05, 0) is 58.9 Å². The summed E-state index contributed by atoms with van der Waals surface area (Å²) < 4.78 is 20.4. The molecular weight excluding hydrogens is 428 g/mol. The minimum absolute atomic E-state index is 0.0431. The second-order valence-corrected chi connectivity index (χ2v) is 7.41. The Hall–Kier alpha value is -3.68. The van der Waals surface area contributed by atoms with E-state index in [1.165, 1.54) is 13.8 Å². The lowest BCUT2D eigenvalue weighted by Crippen LogP contribution is -2.09. The topological polar surface area (TPSA) is 105 Å². The van der Waals surface area contributed by atoms with Crippen LogP contribution in [0.2, 0.25) is 0 Å². The highest BCUT2D eigenvalue weighted by molar-refractivity contribution is 5.74. The molecule has 0 aliphatic carbocycles. The minimum Gasteiger partial charge on any atom is -0.468 e. The van der Waals surface area contributed by atoms with Crippen LogP contribution in [-0.2, 0) is 59.4 Å². The van der Waals surface area contributed by atoms with Crippen LogP contribution in [0.15, 0.2) is 24.3 Å². The van der Waals surface area contributed by atoms with E-state index in [1.54, 1.807) is 0 Å². The molecule has 8 heteroatoms. The highest BCUT2D eigenvalue weighted by atomic mass is 16.5. The lowest BCUT2D eigenvalue weighted by atomic mass is 9.90. The Morgan fingerprint density at radius 1 is 0.848 bits per heavy atom. The predicted octanol–water partition coefficient (Wildman–Crippen LogP) is 3.60. The Labute approximate surface area is 192 Å². The molecule has 0 aliphatic rings. The number of benzene rings is 2. The van der Waals surface area contributed by atoms with Crippen molar-refractivity contribution >= 4 is 24.9 Å². The molecule has 0 saturated carbocycles. The number of rotatable bonds is 12. The Morgan fingerprint density at radius 3 is 2.09 bits per heavy atom. The number of esters is 2. The van der Waals surface area contributed by atoms with Crippen molar-refractivity contribution in [2.24, 2.45) is 0 Å². The molecule has 0 aromatic heterocycles. The fraction of sp³-hybridized carbons (Fsp3) is 0.360. The van der Waals surface area contributed by atoms with Gasteiger partial charge in [0.25, 0.3) is 12.9 Å². The van der Waals surface area contributed by atoms with E-state index in [4.69, 9.17) is 18.9 Å². The van der Waals surface area contributed by atoms with Gasteiger partial charge >= 0.3 is 11.9 Å². The molecule has 2 aromatic carbocycles. The fourth-order valence-electron chi connectivity index (χ4n) is 3.61. The summed E-state index contributed by atoms with van der Waals surface area (Å²) in [6.07, 6.45) is 1.14. The van der Waals surface area contributed by atoms with Crippen LogP contribution in [0.25, 0.3) is 11.1 Å². The molecule has 176 valence electrons. The van der Waals surface area contributed by atoms with E-state index in [-0.39, 0.29) is 19.8 Å². The first-order valence-electron chi connectivity index (χ1n) is 10.5. The Bertz CT molecular complexity index is 1030. The summed E-state index contributed by atoms with van der Waals surface area (Å²) >= 11 is 0. The van der Waals surface area contributed by atoms with Crippen LogP contribution in [-0.4, -0.2) is 31.5 Å². The maximum atomic E-state index is 11.6. The van der Waals surface area contributed by atoms with Crippen LogP contribution in [0.1, 0.15) is 48.6 Å². The molecule has 0 fully saturated rings. The summed E-state index contributed by atoms with van der Waals surface area (Å²) in [5, 5.41) is 0. The van der Waals surface area contributed by atoms with Gasteiger partial charge in [0.15, 0.2) is 0 Å². The molecule has 0 radical (unpaired) electrons. The summed E-state index contributed by atoms with van der Waals surface area (Å²) in [5.41, 5.74) is 5.73. The fourth-order valence-corrected chi connectivity index (χ4v) is 3.61. The van der Waals surface area contributed by atoms with Gasteiger partial charge < -0.3 is 18.9 Å². The first-order valence-corrected chi connectivity index (χ1v) is 10.5. The normalized spacial score (nSPS) is 10.3. The molecule has 0 aliphatic heterocycles. The van der Waals surface area contributed by atoms with Crippen molar-refractivity contribution in [2.45, 2.75) is 53.8 Å². The molecule has 8 nitrogen and oxygen atoms in total. The van der Waals surface area contributed by atoms with Gasteiger partial charge in [0.2, 0.25) is 0 Å². The van der Waals surface area contributed by atoms with Crippen molar-refractivity contribution in [1.82, 2.24) is 0 Å². The van der Waals surface area contributed by atoms with Crippen LogP contribution in [0.4, 0.5) is 0 Å². The third-order valence-corrected chi connectivity index (χ3v) is 5.03. The summed E-state index contributed by atoms with van der Waals surface area (Å²) in [6.45, 7) is 7.48. The molecule has 0 bridgehead atoms. The van der Waals surface area contributed by atoms with Crippen LogP contribution in [0, 0.1) is 6.92 Å². The molecule has 33 heavy (non-hydrogen) atoms. The van der Waals surface area contributed by atoms with Gasteiger partial charge in [-0.15, -0.1) is 0 Å². The number of ether oxygens (including phenoxy) is 4. The molecule has 2 aromatic rings. The van der Waals surface area contributed by atoms with Gasteiger partial charge in [-0.2, -0.15) is 0 Å². The standard InChI is InChI=1S/C25H28O8/c1-5-19-9-22(10-20(6-7-30-14-26)24(19)13-31-15-27)21-8-16(2)25(33-18(4)29)23(11-21)12-32-17(3)28/h8-11,14-15H,5-7,12-13H2,1-4H3. The Balaban J connectivity index is 2.61. The highest BCUT2D eigenvalue weighted by Crippen LogP contribution is 2.34. The van der Waals surface area contributed by atoms with Gasteiger partial charge in [-0.1, -0.05) is 19.1 Å². The van der Waals surface area contributed by atoms with E-state index in [1.807, 2.05) is 38.1 Å². The molecule has 0 N–H and O–H groups in total. The van der Waals surface area contributed by atoms with E-state index < -0.39 is 11.9 Å².